The summed E-state index contributed by atoms with van der Waals surface area (Å²) in [5.74, 6) is -0.168. The van der Waals surface area contributed by atoms with Crippen molar-refractivity contribution in [3.63, 3.8) is 0 Å². The van der Waals surface area contributed by atoms with Crippen LogP contribution in [0.2, 0.25) is 0 Å². The Morgan fingerprint density at radius 1 is 1.73 bits per heavy atom. The molecule has 0 aliphatic carbocycles. The molecule has 1 aromatic heterocycles. The van der Waals surface area contributed by atoms with Gasteiger partial charge in [0.15, 0.2) is 0 Å². The van der Waals surface area contributed by atoms with Gasteiger partial charge in [-0.2, -0.15) is 5.26 Å². The number of nitrogens with zero attached hydrogens (tertiary/aromatic N) is 2. The Kier molecular flexibility index (Phi) is 3.63. The predicted octanol–water partition coefficient (Wildman–Crippen LogP) is 0.641. The van der Waals surface area contributed by atoms with Crippen molar-refractivity contribution in [1.82, 2.24) is 4.98 Å². The number of pyridine rings is 1. The number of ether oxygens (including phenoxy) is 1. The number of esters is 1. The molecule has 0 aliphatic heterocycles. The third-order valence-corrected chi connectivity index (χ3v) is 1.75. The first kappa shape index (κ1) is 11.0. The van der Waals surface area contributed by atoms with Crippen molar-refractivity contribution in [3.8, 4) is 6.07 Å². The number of carbonyl (C=O) groups excluding carboxylic acids is 1. The fourth-order valence-electron chi connectivity index (χ4n) is 1.08. The van der Waals surface area contributed by atoms with Gasteiger partial charge in [-0.1, -0.05) is 0 Å². The quantitative estimate of drug-likeness (QED) is 0.731. The Bertz CT molecular complexity index is 410. The van der Waals surface area contributed by atoms with E-state index in [-0.39, 0.29) is 23.8 Å². The SMILES string of the molecule is CCOC(=O)Cc1cnc(N)c(C#N)c1. The van der Waals surface area contributed by atoms with E-state index >= 15 is 0 Å². The number of nitrogen functional groups attached to an aromatic ring is 1. The van der Waals surface area contributed by atoms with E-state index in [2.05, 4.69) is 4.98 Å². The number of hydrogen-bond donors (Lipinski definition) is 1. The predicted molar refractivity (Wildman–Crippen MR) is 53.7 cm³/mol. The lowest BCUT2D eigenvalue weighted by atomic mass is 10.1. The molecular formula is C10H11N3O2. The average Bonchev–Trinajstić information content (AvgIpc) is 2.21. The van der Waals surface area contributed by atoms with E-state index in [1.54, 1.807) is 13.0 Å². The number of carbonyl (C=O) groups is 1. The highest BCUT2D eigenvalue weighted by molar-refractivity contribution is 5.72. The zero-order valence-electron chi connectivity index (χ0n) is 8.36. The van der Waals surface area contributed by atoms with E-state index in [1.165, 1.54) is 6.20 Å². The average molecular weight is 205 g/mol. The Morgan fingerprint density at radius 2 is 2.47 bits per heavy atom. The summed E-state index contributed by atoms with van der Waals surface area (Å²) in [5.41, 5.74) is 6.34. The molecule has 0 radical (unpaired) electrons. The first-order chi connectivity index (χ1) is 7.17. The van der Waals surface area contributed by atoms with Crippen LogP contribution in [0.1, 0.15) is 18.1 Å². The fourth-order valence-corrected chi connectivity index (χ4v) is 1.08. The van der Waals surface area contributed by atoms with Gasteiger partial charge in [0, 0.05) is 6.20 Å². The summed E-state index contributed by atoms with van der Waals surface area (Å²) >= 11 is 0. The van der Waals surface area contributed by atoms with Gasteiger partial charge in [0.25, 0.3) is 0 Å². The zero-order valence-corrected chi connectivity index (χ0v) is 8.36. The van der Waals surface area contributed by atoms with E-state index in [0.717, 1.165) is 0 Å². The fraction of sp³-hybridized carbons (Fsp3) is 0.300. The lowest BCUT2D eigenvalue weighted by molar-refractivity contribution is -0.142. The second kappa shape index (κ2) is 4.96. The van der Waals surface area contributed by atoms with Crippen LogP contribution in [0.3, 0.4) is 0 Å². The van der Waals surface area contributed by atoms with Gasteiger partial charge in [0.05, 0.1) is 18.6 Å². The minimum atomic E-state index is -0.340. The Labute approximate surface area is 87.5 Å². The van der Waals surface area contributed by atoms with Gasteiger partial charge in [0.1, 0.15) is 11.9 Å². The number of rotatable bonds is 3. The third kappa shape index (κ3) is 2.95. The molecule has 1 aromatic rings. The lowest BCUT2D eigenvalue weighted by Gasteiger charge is -2.02. The van der Waals surface area contributed by atoms with Crippen molar-refractivity contribution in [1.29, 1.82) is 5.26 Å². The van der Waals surface area contributed by atoms with Crippen LogP contribution >= 0.6 is 0 Å². The van der Waals surface area contributed by atoms with Crippen LogP contribution in [0.5, 0.6) is 0 Å². The Balaban J connectivity index is 2.80. The normalized spacial score (nSPS) is 9.33. The van der Waals surface area contributed by atoms with Crippen LogP contribution in [0.25, 0.3) is 0 Å². The van der Waals surface area contributed by atoms with Crippen LogP contribution in [-0.2, 0) is 16.0 Å². The van der Waals surface area contributed by atoms with Crippen molar-refractivity contribution in [3.05, 3.63) is 23.4 Å². The molecule has 0 fully saturated rings. The lowest BCUT2D eigenvalue weighted by Crippen LogP contribution is -2.08. The Hall–Kier alpha value is -2.09. The zero-order chi connectivity index (χ0) is 11.3. The number of nitrogens with two attached hydrogens (primary N) is 1. The molecule has 0 atom stereocenters. The molecule has 1 rings (SSSR count). The second-order valence-corrected chi connectivity index (χ2v) is 2.87. The number of anilines is 1. The minimum absolute atomic E-state index is 0.107. The van der Waals surface area contributed by atoms with E-state index in [0.29, 0.717) is 12.2 Å². The first-order valence-corrected chi connectivity index (χ1v) is 4.47. The first-order valence-electron chi connectivity index (χ1n) is 4.47. The second-order valence-electron chi connectivity index (χ2n) is 2.87. The number of hydrogen-bond acceptors (Lipinski definition) is 5. The molecular weight excluding hydrogens is 194 g/mol. The molecule has 0 aromatic carbocycles. The van der Waals surface area contributed by atoms with Crippen molar-refractivity contribution >= 4 is 11.8 Å². The van der Waals surface area contributed by atoms with E-state index < -0.39 is 0 Å². The smallest absolute Gasteiger partial charge is 0.310 e. The van der Waals surface area contributed by atoms with Crippen molar-refractivity contribution in [2.45, 2.75) is 13.3 Å². The molecule has 5 nitrogen and oxygen atoms in total. The maximum atomic E-state index is 11.1. The molecule has 0 aliphatic rings. The van der Waals surface area contributed by atoms with Crippen LogP contribution in [0.15, 0.2) is 12.3 Å². The highest BCUT2D eigenvalue weighted by Crippen LogP contribution is 2.10. The maximum Gasteiger partial charge on any atom is 0.310 e. The molecule has 0 bridgehead atoms. The summed E-state index contributed by atoms with van der Waals surface area (Å²) in [6.45, 7) is 2.08. The molecule has 5 heteroatoms. The van der Waals surface area contributed by atoms with Crippen molar-refractivity contribution in [2.24, 2.45) is 0 Å². The van der Waals surface area contributed by atoms with Gasteiger partial charge < -0.3 is 10.5 Å². The number of aromatic nitrogens is 1. The van der Waals surface area contributed by atoms with Crippen LogP contribution in [0, 0.1) is 11.3 Å². The largest absolute Gasteiger partial charge is 0.466 e. The molecule has 0 spiro atoms. The van der Waals surface area contributed by atoms with Gasteiger partial charge in [0.2, 0.25) is 0 Å². The highest BCUT2D eigenvalue weighted by Gasteiger charge is 2.07. The minimum Gasteiger partial charge on any atom is -0.466 e. The molecule has 78 valence electrons. The van der Waals surface area contributed by atoms with Gasteiger partial charge >= 0.3 is 5.97 Å². The standard InChI is InChI=1S/C10H11N3O2/c1-2-15-9(14)4-7-3-8(5-11)10(12)13-6-7/h3,6H,2,4H2,1H3,(H2,12,13). The van der Waals surface area contributed by atoms with Crippen LogP contribution in [0.4, 0.5) is 5.82 Å². The van der Waals surface area contributed by atoms with Gasteiger partial charge in [-0.25, -0.2) is 4.98 Å². The van der Waals surface area contributed by atoms with E-state index in [1.807, 2.05) is 6.07 Å². The maximum absolute atomic E-state index is 11.1. The van der Waals surface area contributed by atoms with E-state index in [4.69, 9.17) is 15.7 Å². The van der Waals surface area contributed by atoms with Gasteiger partial charge in [-0.3, -0.25) is 4.79 Å². The summed E-state index contributed by atoms with van der Waals surface area (Å²) in [4.78, 5) is 14.9. The van der Waals surface area contributed by atoms with Crippen molar-refractivity contribution in [2.75, 3.05) is 12.3 Å². The topological polar surface area (TPSA) is 89.0 Å². The van der Waals surface area contributed by atoms with Crippen LogP contribution < -0.4 is 5.73 Å². The summed E-state index contributed by atoms with van der Waals surface area (Å²) < 4.78 is 4.77. The molecule has 1 heterocycles. The highest BCUT2D eigenvalue weighted by atomic mass is 16.5. The summed E-state index contributed by atoms with van der Waals surface area (Å²) in [6, 6.07) is 3.44. The molecule has 0 amide bonds. The van der Waals surface area contributed by atoms with Gasteiger partial charge in [-0.05, 0) is 18.6 Å². The number of nitriles is 1. The molecule has 0 saturated heterocycles. The van der Waals surface area contributed by atoms with E-state index in [9.17, 15) is 4.79 Å². The molecule has 15 heavy (non-hydrogen) atoms. The summed E-state index contributed by atoms with van der Waals surface area (Å²) in [5, 5.41) is 8.69. The van der Waals surface area contributed by atoms with Crippen LogP contribution in [-0.4, -0.2) is 17.6 Å². The van der Waals surface area contributed by atoms with Gasteiger partial charge in [-0.15, -0.1) is 0 Å². The molecule has 2 N–H and O–H groups in total. The monoisotopic (exact) mass is 205 g/mol. The summed E-state index contributed by atoms with van der Waals surface area (Å²) in [7, 11) is 0. The summed E-state index contributed by atoms with van der Waals surface area (Å²) in [6.07, 6.45) is 1.57. The van der Waals surface area contributed by atoms with Crippen molar-refractivity contribution < 1.29 is 9.53 Å². The molecule has 0 saturated carbocycles. The Morgan fingerprint density at radius 3 is 3.07 bits per heavy atom. The molecule has 0 unspecified atom stereocenters. The third-order valence-electron chi connectivity index (χ3n) is 1.75.